The molecule has 1 rings (SSSR count). The summed E-state index contributed by atoms with van der Waals surface area (Å²) in [5.74, 6) is -0.132. The number of amides is 1. The highest BCUT2D eigenvalue weighted by atomic mass is 16.2. The maximum absolute atomic E-state index is 12.4. The van der Waals surface area contributed by atoms with Crippen LogP contribution in [0.4, 0.5) is 0 Å². The zero-order valence-electron chi connectivity index (χ0n) is 12.7. The third kappa shape index (κ3) is 3.84. The standard InChI is InChI=1S/C17H24N2O/c1-4-10-17(13-18,11-5-2)16(20)19-12-15-9-7-6-8-14(15)3/h6-9H,4-5,10-12H2,1-3H3,(H,19,20). The molecule has 0 aliphatic carbocycles. The monoisotopic (exact) mass is 272 g/mol. The minimum absolute atomic E-state index is 0.132. The SMILES string of the molecule is CCCC(C#N)(CCC)C(=O)NCc1ccccc1C. The number of nitrogens with one attached hydrogen (secondary N) is 1. The number of aryl methyl sites for hydroxylation is 1. The number of benzene rings is 1. The van der Waals surface area contributed by atoms with Crippen LogP contribution in [0.1, 0.15) is 50.7 Å². The zero-order chi connectivity index (χ0) is 15.0. The summed E-state index contributed by atoms with van der Waals surface area (Å²) in [5.41, 5.74) is 1.38. The Morgan fingerprint density at radius 2 is 1.85 bits per heavy atom. The van der Waals surface area contributed by atoms with Gasteiger partial charge in [0.2, 0.25) is 5.91 Å². The molecular formula is C17H24N2O. The zero-order valence-corrected chi connectivity index (χ0v) is 12.7. The Labute approximate surface area is 122 Å². The van der Waals surface area contributed by atoms with Crippen LogP contribution in [0.5, 0.6) is 0 Å². The van der Waals surface area contributed by atoms with Gasteiger partial charge >= 0.3 is 0 Å². The Bertz CT molecular complexity index is 482. The topological polar surface area (TPSA) is 52.9 Å². The van der Waals surface area contributed by atoms with Crippen molar-refractivity contribution in [3.05, 3.63) is 35.4 Å². The fourth-order valence-corrected chi connectivity index (χ4v) is 2.52. The predicted molar refractivity (Wildman–Crippen MR) is 80.9 cm³/mol. The van der Waals surface area contributed by atoms with Crippen LogP contribution >= 0.6 is 0 Å². The molecule has 0 spiro atoms. The summed E-state index contributed by atoms with van der Waals surface area (Å²) in [6, 6.07) is 10.2. The predicted octanol–water partition coefficient (Wildman–Crippen LogP) is 3.72. The molecule has 0 aliphatic rings. The van der Waals surface area contributed by atoms with Crippen molar-refractivity contribution in [1.29, 1.82) is 5.26 Å². The molecule has 1 amide bonds. The summed E-state index contributed by atoms with van der Waals surface area (Å²) >= 11 is 0. The van der Waals surface area contributed by atoms with Gasteiger partial charge in [0.25, 0.3) is 0 Å². The fraction of sp³-hybridized carbons (Fsp3) is 0.529. The van der Waals surface area contributed by atoms with E-state index < -0.39 is 5.41 Å². The fourth-order valence-electron chi connectivity index (χ4n) is 2.52. The third-order valence-corrected chi connectivity index (χ3v) is 3.70. The number of hydrogen-bond donors (Lipinski definition) is 1. The summed E-state index contributed by atoms with van der Waals surface area (Å²) in [6.07, 6.45) is 2.92. The van der Waals surface area contributed by atoms with Gasteiger partial charge < -0.3 is 5.32 Å². The molecule has 1 aromatic rings. The Kier molecular flexibility index (Phi) is 6.24. The van der Waals surface area contributed by atoms with Crippen molar-refractivity contribution in [3.8, 4) is 6.07 Å². The number of nitriles is 1. The molecule has 0 radical (unpaired) electrons. The number of carbonyl (C=O) groups is 1. The highest BCUT2D eigenvalue weighted by molar-refractivity contribution is 5.85. The normalized spacial score (nSPS) is 10.9. The van der Waals surface area contributed by atoms with Gasteiger partial charge in [0.15, 0.2) is 0 Å². The maximum Gasteiger partial charge on any atom is 0.240 e. The second kappa shape index (κ2) is 7.69. The summed E-state index contributed by atoms with van der Waals surface area (Å²) < 4.78 is 0. The van der Waals surface area contributed by atoms with E-state index in [-0.39, 0.29) is 5.91 Å². The van der Waals surface area contributed by atoms with Crippen molar-refractivity contribution < 1.29 is 4.79 Å². The summed E-state index contributed by atoms with van der Waals surface area (Å²) in [6.45, 7) is 6.53. The van der Waals surface area contributed by atoms with Crippen molar-refractivity contribution in [2.75, 3.05) is 0 Å². The van der Waals surface area contributed by atoms with Crippen LogP contribution < -0.4 is 5.32 Å². The second-order valence-corrected chi connectivity index (χ2v) is 5.30. The van der Waals surface area contributed by atoms with Gasteiger partial charge in [-0.15, -0.1) is 0 Å². The Morgan fingerprint density at radius 1 is 1.25 bits per heavy atom. The molecule has 1 N–H and O–H groups in total. The van der Waals surface area contributed by atoms with Gasteiger partial charge in [-0.2, -0.15) is 5.26 Å². The molecule has 0 heterocycles. The lowest BCUT2D eigenvalue weighted by Gasteiger charge is -2.24. The molecule has 0 saturated heterocycles. The highest BCUT2D eigenvalue weighted by Gasteiger charge is 2.36. The molecular weight excluding hydrogens is 248 g/mol. The number of rotatable bonds is 7. The van der Waals surface area contributed by atoms with Gasteiger partial charge in [0, 0.05) is 6.54 Å². The highest BCUT2D eigenvalue weighted by Crippen LogP contribution is 2.29. The number of carbonyl (C=O) groups excluding carboxylic acids is 1. The third-order valence-electron chi connectivity index (χ3n) is 3.70. The van der Waals surface area contributed by atoms with E-state index in [0.717, 1.165) is 24.0 Å². The lowest BCUT2D eigenvalue weighted by atomic mass is 9.79. The smallest absolute Gasteiger partial charge is 0.240 e. The lowest BCUT2D eigenvalue weighted by molar-refractivity contribution is -0.129. The molecule has 0 bridgehead atoms. The first-order valence-electron chi connectivity index (χ1n) is 7.33. The molecule has 0 fully saturated rings. The molecule has 0 atom stereocenters. The molecule has 1 aromatic carbocycles. The van der Waals surface area contributed by atoms with E-state index >= 15 is 0 Å². The van der Waals surface area contributed by atoms with E-state index in [9.17, 15) is 10.1 Å². The van der Waals surface area contributed by atoms with Crippen LogP contribution in [-0.2, 0) is 11.3 Å². The van der Waals surface area contributed by atoms with E-state index in [1.807, 2.05) is 45.0 Å². The number of nitrogens with zero attached hydrogens (tertiary/aromatic N) is 1. The largest absolute Gasteiger partial charge is 0.351 e. The molecule has 3 nitrogen and oxygen atoms in total. The molecule has 3 heteroatoms. The first kappa shape index (κ1) is 16.2. The van der Waals surface area contributed by atoms with E-state index in [1.165, 1.54) is 0 Å². The summed E-state index contributed by atoms with van der Waals surface area (Å²) in [7, 11) is 0. The second-order valence-electron chi connectivity index (χ2n) is 5.30. The van der Waals surface area contributed by atoms with Gasteiger partial charge in [0.05, 0.1) is 6.07 Å². The summed E-state index contributed by atoms with van der Waals surface area (Å²) in [5, 5.41) is 12.4. The minimum Gasteiger partial charge on any atom is -0.351 e. The van der Waals surface area contributed by atoms with Crippen LogP contribution in [0, 0.1) is 23.7 Å². The Hall–Kier alpha value is -1.82. The Morgan fingerprint density at radius 3 is 2.35 bits per heavy atom. The molecule has 108 valence electrons. The first-order chi connectivity index (χ1) is 9.59. The quantitative estimate of drug-likeness (QED) is 0.822. The van der Waals surface area contributed by atoms with E-state index in [4.69, 9.17) is 0 Å². The van der Waals surface area contributed by atoms with Gasteiger partial charge in [-0.1, -0.05) is 51.0 Å². The molecule has 0 saturated carbocycles. The summed E-state index contributed by atoms with van der Waals surface area (Å²) in [4.78, 5) is 12.4. The molecule has 20 heavy (non-hydrogen) atoms. The van der Waals surface area contributed by atoms with Gasteiger partial charge in [0.1, 0.15) is 5.41 Å². The average molecular weight is 272 g/mol. The lowest BCUT2D eigenvalue weighted by Crippen LogP contribution is -2.39. The van der Waals surface area contributed by atoms with E-state index in [2.05, 4.69) is 11.4 Å². The van der Waals surface area contributed by atoms with Crippen molar-refractivity contribution in [2.45, 2.75) is 53.0 Å². The van der Waals surface area contributed by atoms with Gasteiger partial charge in [-0.05, 0) is 30.9 Å². The van der Waals surface area contributed by atoms with Crippen molar-refractivity contribution >= 4 is 5.91 Å². The Balaban J connectivity index is 2.77. The molecule has 0 aromatic heterocycles. The number of hydrogen-bond acceptors (Lipinski definition) is 2. The average Bonchev–Trinajstić information content (AvgIpc) is 2.45. The molecule has 0 aliphatic heterocycles. The van der Waals surface area contributed by atoms with Crippen LogP contribution in [0.2, 0.25) is 0 Å². The van der Waals surface area contributed by atoms with Crippen molar-refractivity contribution in [2.24, 2.45) is 5.41 Å². The van der Waals surface area contributed by atoms with Crippen LogP contribution in [0.25, 0.3) is 0 Å². The van der Waals surface area contributed by atoms with Crippen molar-refractivity contribution in [1.82, 2.24) is 5.32 Å². The van der Waals surface area contributed by atoms with Gasteiger partial charge in [-0.25, -0.2) is 0 Å². The van der Waals surface area contributed by atoms with Crippen LogP contribution in [-0.4, -0.2) is 5.91 Å². The minimum atomic E-state index is -0.869. The van der Waals surface area contributed by atoms with E-state index in [1.54, 1.807) is 0 Å². The van der Waals surface area contributed by atoms with E-state index in [0.29, 0.717) is 19.4 Å². The first-order valence-corrected chi connectivity index (χ1v) is 7.33. The molecule has 0 unspecified atom stereocenters. The van der Waals surface area contributed by atoms with Crippen LogP contribution in [0.3, 0.4) is 0 Å². The van der Waals surface area contributed by atoms with Gasteiger partial charge in [-0.3, -0.25) is 4.79 Å². The maximum atomic E-state index is 12.4. The van der Waals surface area contributed by atoms with Crippen LogP contribution in [0.15, 0.2) is 24.3 Å². The van der Waals surface area contributed by atoms with Crippen molar-refractivity contribution in [3.63, 3.8) is 0 Å².